The molecular formula is C19H31N5O2. The molecule has 26 heavy (non-hydrogen) atoms. The molecule has 1 aromatic rings. The predicted octanol–water partition coefficient (Wildman–Crippen LogP) is 2.91. The van der Waals surface area contributed by atoms with Crippen molar-refractivity contribution in [1.82, 2.24) is 14.9 Å². The van der Waals surface area contributed by atoms with Gasteiger partial charge in [0.15, 0.2) is 0 Å². The first-order valence-corrected chi connectivity index (χ1v) is 9.65. The third-order valence-electron chi connectivity index (χ3n) is 4.90. The Labute approximate surface area is 156 Å². The highest BCUT2D eigenvalue weighted by atomic mass is 16.6. The number of hydrogen-bond donors (Lipinski definition) is 0. The quantitative estimate of drug-likeness (QED) is 0.807. The second-order valence-corrected chi connectivity index (χ2v) is 8.25. The summed E-state index contributed by atoms with van der Waals surface area (Å²) in [5.74, 6) is 1.95. The van der Waals surface area contributed by atoms with E-state index in [1.165, 1.54) is 19.3 Å². The number of ether oxygens (including phenoxy) is 1. The van der Waals surface area contributed by atoms with Gasteiger partial charge in [-0.3, -0.25) is 0 Å². The van der Waals surface area contributed by atoms with E-state index >= 15 is 0 Å². The second-order valence-electron chi connectivity index (χ2n) is 8.25. The average Bonchev–Trinajstić information content (AvgIpc) is 2.61. The number of carbonyl (C=O) groups is 1. The summed E-state index contributed by atoms with van der Waals surface area (Å²) in [6.45, 7) is 12.0. The minimum atomic E-state index is -0.468. The smallest absolute Gasteiger partial charge is 0.410 e. The number of carbonyl (C=O) groups excluding carboxylic acids is 1. The minimum Gasteiger partial charge on any atom is -0.444 e. The standard InChI is InChI=1S/C19H31N5O2/c1-15-13-23(10-11-24(15)18(25)26-19(2,3)4)17-12-16(20-14-21-17)22-8-6-5-7-9-22/h12,14-15H,5-11,13H2,1-4H3/t15-/m1/s1. The van der Waals surface area contributed by atoms with Gasteiger partial charge in [0.05, 0.1) is 0 Å². The monoisotopic (exact) mass is 361 g/mol. The maximum absolute atomic E-state index is 12.4. The van der Waals surface area contributed by atoms with Crippen LogP contribution in [0.1, 0.15) is 47.0 Å². The lowest BCUT2D eigenvalue weighted by atomic mass is 10.1. The first-order valence-electron chi connectivity index (χ1n) is 9.65. The molecule has 2 fully saturated rings. The maximum atomic E-state index is 12.4. The van der Waals surface area contributed by atoms with Crippen molar-refractivity contribution in [2.75, 3.05) is 42.5 Å². The number of nitrogens with zero attached hydrogens (tertiary/aromatic N) is 5. The highest BCUT2D eigenvalue weighted by molar-refractivity contribution is 5.69. The molecule has 7 heteroatoms. The van der Waals surface area contributed by atoms with Crippen LogP contribution in [0.3, 0.4) is 0 Å². The first kappa shape index (κ1) is 18.7. The molecule has 0 aliphatic carbocycles. The van der Waals surface area contributed by atoms with Gasteiger partial charge in [-0.2, -0.15) is 0 Å². The summed E-state index contributed by atoms with van der Waals surface area (Å²) in [6.07, 6.45) is 5.18. The van der Waals surface area contributed by atoms with Gasteiger partial charge in [-0.15, -0.1) is 0 Å². The van der Waals surface area contributed by atoms with Crippen molar-refractivity contribution in [1.29, 1.82) is 0 Å². The molecule has 1 aromatic heterocycles. The van der Waals surface area contributed by atoms with Crippen LogP contribution in [0.15, 0.2) is 12.4 Å². The zero-order valence-electron chi connectivity index (χ0n) is 16.4. The van der Waals surface area contributed by atoms with Crippen molar-refractivity contribution in [3.63, 3.8) is 0 Å². The van der Waals surface area contributed by atoms with E-state index in [2.05, 4.69) is 32.8 Å². The molecule has 2 saturated heterocycles. The molecule has 0 spiro atoms. The SMILES string of the molecule is C[C@@H]1CN(c2cc(N3CCCCC3)ncn2)CCN1C(=O)OC(C)(C)C. The lowest BCUT2D eigenvalue weighted by Crippen LogP contribution is -2.55. The van der Waals surface area contributed by atoms with Crippen LogP contribution in [0.4, 0.5) is 16.4 Å². The van der Waals surface area contributed by atoms with Crippen LogP contribution in [0.5, 0.6) is 0 Å². The Bertz CT molecular complexity index is 625. The Balaban J connectivity index is 1.64. The Hall–Kier alpha value is -2.05. The van der Waals surface area contributed by atoms with Crippen LogP contribution >= 0.6 is 0 Å². The van der Waals surface area contributed by atoms with Crippen LogP contribution in [0.2, 0.25) is 0 Å². The predicted molar refractivity (Wildman–Crippen MR) is 103 cm³/mol. The zero-order chi connectivity index (χ0) is 18.7. The largest absolute Gasteiger partial charge is 0.444 e. The normalized spacial score (nSPS) is 21.7. The van der Waals surface area contributed by atoms with Crippen LogP contribution in [-0.4, -0.2) is 65.3 Å². The van der Waals surface area contributed by atoms with Crippen LogP contribution in [0, 0.1) is 0 Å². The van der Waals surface area contributed by atoms with Gasteiger partial charge in [-0.1, -0.05) is 0 Å². The van der Waals surface area contributed by atoms with Gasteiger partial charge in [-0.05, 0) is 47.0 Å². The van der Waals surface area contributed by atoms with Gasteiger partial charge < -0.3 is 19.4 Å². The molecule has 0 aromatic carbocycles. The number of rotatable bonds is 2. The lowest BCUT2D eigenvalue weighted by Gasteiger charge is -2.40. The molecular weight excluding hydrogens is 330 g/mol. The van der Waals surface area contributed by atoms with Crippen LogP contribution in [-0.2, 0) is 4.74 Å². The van der Waals surface area contributed by atoms with Crippen LogP contribution in [0.25, 0.3) is 0 Å². The van der Waals surface area contributed by atoms with Gasteiger partial charge in [0.25, 0.3) is 0 Å². The fourth-order valence-corrected chi connectivity index (χ4v) is 3.56. The molecule has 3 rings (SSSR count). The molecule has 0 bridgehead atoms. The van der Waals surface area contributed by atoms with E-state index in [4.69, 9.17) is 4.74 Å². The number of piperazine rings is 1. The Morgan fingerprint density at radius 2 is 1.69 bits per heavy atom. The van der Waals surface area contributed by atoms with Crippen molar-refractivity contribution in [3.8, 4) is 0 Å². The summed E-state index contributed by atoms with van der Waals surface area (Å²) >= 11 is 0. The van der Waals surface area contributed by atoms with Gasteiger partial charge >= 0.3 is 6.09 Å². The minimum absolute atomic E-state index is 0.0759. The number of piperidine rings is 1. The van der Waals surface area contributed by atoms with Crippen molar-refractivity contribution in [2.24, 2.45) is 0 Å². The molecule has 0 saturated carbocycles. The van der Waals surface area contributed by atoms with Crippen molar-refractivity contribution in [3.05, 3.63) is 12.4 Å². The summed E-state index contributed by atoms with van der Waals surface area (Å²) in [7, 11) is 0. The summed E-state index contributed by atoms with van der Waals surface area (Å²) in [5.41, 5.74) is -0.468. The molecule has 0 radical (unpaired) electrons. The topological polar surface area (TPSA) is 61.8 Å². The summed E-state index contributed by atoms with van der Waals surface area (Å²) in [5, 5.41) is 0. The Kier molecular flexibility index (Phi) is 5.53. The summed E-state index contributed by atoms with van der Waals surface area (Å²) < 4.78 is 5.52. The first-order chi connectivity index (χ1) is 12.3. The third-order valence-corrected chi connectivity index (χ3v) is 4.90. The van der Waals surface area contributed by atoms with E-state index in [1.807, 2.05) is 25.7 Å². The number of anilines is 2. The average molecular weight is 361 g/mol. The van der Waals surface area contributed by atoms with Crippen LogP contribution < -0.4 is 9.80 Å². The zero-order valence-corrected chi connectivity index (χ0v) is 16.4. The molecule has 144 valence electrons. The van der Waals surface area contributed by atoms with Crippen molar-refractivity contribution >= 4 is 17.7 Å². The third kappa shape index (κ3) is 4.56. The maximum Gasteiger partial charge on any atom is 0.410 e. The lowest BCUT2D eigenvalue weighted by molar-refractivity contribution is 0.0158. The molecule has 1 atom stereocenters. The Morgan fingerprint density at radius 3 is 2.31 bits per heavy atom. The van der Waals surface area contributed by atoms with Gasteiger partial charge in [0, 0.05) is 44.8 Å². The highest BCUT2D eigenvalue weighted by Crippen LogP contribution is 2.24. The van der Waals surface area contributed by atoms with Gasteiger partial charge in [0.2, 0.25) is 0 Å². The van der Waals surface area contributed by atoms with Crippen molar-refractivity contribution in [2.45, 2.75) is 58.6 Å². The molecule has 2 aliphatic rings. The second kappa shape index (κ2) is 7.68. The molecule has 1 amide bonds. The number of aromatic nitrogens is 2. The van der Waals surface area contributed by atoms with E-state index in [0.29, 0.717) is 6.54 Å². The fourth-order valence-electron chi connectivity index (χ4n) is 3.56. The van der Waals surface area contributed by atoms with Gasteiger partial charge in [-0.25, -0.2) is 14.8 Å². The highest BCUT2D eigenvalue weighted by Gasteiger charge is 2.31. The van der Waals surface area contributed by atoms with Crippen molar-refractivity contribution < 1.29 is 9.53 Å². The van der Waals surface area contributed by atoms with Gasteiger partial charge in [0.1, 0.15) is 23.6 Å². The fraction of sp³-hybridized carbons (Fsp3) is 0.737. The number of hydrogen-bond acceptors (Lipinski definition) is 6. The van der Waals surface area contributed by atoms with E-state index in [9.17, 15) is 4.79 Å². The molecule has 0 N–H and O–H groups in total. The summed E-state index contributed by atoms with van der Waals surface area (Å²) in [6, 6.07) is 2.16. The molecule has 0 unspecified atom stereocenters. The van der Waals surface area contributed by atoms with E-state index in [1.54, 1.807) is 6.33 Å². The van der Waals surface area contributed by atoms with E-state index < -0.39 is 5.60 Å². The molecule has 2 aliphatic heterocycles. The summed E-state index contributed by atoms with van der Waals surface area (Å²) in [4.78, 5) is 27.7. The number of amides is 1. The Morgan fingerprint density at radius 1 is 1.04 bits per heavy atom. The van der Waals surface area contributed by atoms with E-state index in [0.717, 1.165) is 37.8 Å². The molecule has 3 heterocycles. The molecule has 7 nitrogen and oxygen atoms in total. The van der Waals surface area contributed by atoms with E-state index in [-0.39, 0.29) is 12.1 Å².